The first-order valence-corrected chi connectivity index (χ1v) is 7.78. The molecule has 1 aromatic carbocycles. The largest absolute Gasteiger partial charge is 0.370 e. The van der Waals surface area contributed by atoms with E-state index in [1.165, 1.54) is 15.9 Å². The predicted molar refractivity (Wildman–Crippen MR) is 87.9 cm³/mol. The number of fused-ring (bicyclic) bond motifs is 1. The van der Waals surface area contributed by atoms with Crippen LogP contribution in [-0.4, -0.2) is 15.5 Å². The molecule has 0 unspecified atom stereocenters. The highest BCUT2D eigenvalue weighted by Gasteiger charge is 2.15. The fourth-order valence-electron chi connectivity index (χ4n) is 2.44. The number of carbonyl (C=O) groups excluding carboxylic acids is 1. The molecule has 0 aliphatic carbocycles. The molecular formula is C16H15N3O2S. The molecule has 0 atom stereocenters. The van der Waals surface area contributed by atoms with Crippen LogP contribution in [0.5, 0.6) is 0 Å². The van der Waals surface area contributed by atoms with Gasteiger partial charge in [-0.15, -0.1) is 11.3 Å². The average Bonchev–Trinajstić information content (AvgIpc) is 2.91. The van der Waals surface area contributed by atoms with E-state index < -0.39 is 5.91 Å². The molecule has 2 heterocycles. The predicted octanol–water partition coefficient (Wildman–Crippen LogP) is 2.31. The lowest BCUT2D eigenvalue weighted by molar-refractivity contribution is -0.118. The summed E-state index contributed by atoms with van der Waals surface area (Å²) in [7, 11) is 0. The molecule has 0 aliphatic heterocycles. The highest BCUT2D eigenvalue weighted by molar-refractivity contribution is 7.17. The van der Waals surface area contributed by atoms with E-state index in [1.807, 2.05) is 35.7 Å². The van der Waals surface area contributed by atoms with Gasteiger partial charge in [0.15, 0.2) is 0 Å². The second-order valence-electron chi connectivity index (χ2n) is 5.03. The first-order chi connectivity index (χ1) is 10.6. The molecule has 112 valence electrons. The summed E-state index contributed by atoms with van der Waals surface area (Å²) in [4.78, 5) is 29.0. The molecule has 0 bridgehead atoms. The zero-order valence-electron chi connectivity index (χ0n) is 12.1. The number of nitrogens with zero attached hydrogens (tertiary/aromatic N) is 2. The Morgan fingerprint density at radius 1 is 1.32 bits per heavy atom. The lowest BCUT2D eigenvalue weighted by atomic mass is 10.1. The molecule has 6 heteroatoms. The summed E-state index contributed by atoms with van der Waals surface area (Å²) in [6.07, 6.45) is 0.124. The topological polar surface area (TPSA) is 78.0 Å². The highest BCUT2D eigenvalue weighted by atomic mass is 32.1. The second kappa shape index (κ2) is 5.73. The molecular weight excluding hydrogens is 298 g/mol. The van der Waals surface area contributed by atoms with Crippen LogP contribution in [0.1, 0.15) is 12.2 Å². The average molecular weight is 313 g/mol. The van der Waals surface area contributed by atoms with Crippen LogP contribution in [0.25, 0.3) is 21.3 Å². The smallest absolute Gasteiger partial charge is 0.262 e. The number of primary amides is 1. The summed E-state index contributed by atoms with van der Waals surface area (Å²) in [5.41, 5.74) is 6.92. The van der Waals surface area contributed by atoms with Gasteiger partial charge in [-0.2, -0.15) is 0 Å². The fourth-order valence-corrected chi connectivity index (χ4v) is 3.42. The molecule has 2 aromatic heterocycles. The van der Waals surface area contributed by atoms with Crippen LogP contribution in [0.2, 0.25) is 0 Å². The van der Waals surface area contributed by atoms with E-state index in [1.54, 1.807) is 6.92 Å². The number of thiophene rings is 1. The van der Waals surface area contributed by atoms with Crippen LogP contribution < -0.4 is 11.3 Å². The van der Waals surface area contributed by atoms with Gasteiger partial charge >= 0.3 is 0 Å². The minimum absolute atomic E-state index is 0.121. The van der Waals surface area contributed by atoms with Crippen LogP contribution in [0.3, 0.4) is 0 Å². The third-order valence-corrected chi connectivity index (χ3v) is 4.42. The number of amides is 1. The number of benzene rings is 1. The fraction of sp³-hybridized carbons (Fsp3) is 0.188. The van der Waals surface area contributed by atoms with Gasteiger partial charge in [0, 0.05) is 23.9 Å². The lowest BCUT2D eigenvalue weighted by Crippen LogP contribution is -2.26. The van der Waals surface area contributed by atoms with Crippen molar-refractivity contribution in [3.05, 3.63) is 51.9 Å². The Kier molecular flexibility index (Phi) is 3.77. The zero-order chi connectivity index (χ0) is 15.7. The van der Waals surface area contributed by atoms with Gasteiger partial charge < -0.3 is 5.73 Å². The van der Waals surface area contributed by atoms with Gasteiger partial charge in [-0.3, -0.25) is 14.2 Å². The molecule has 0 saturated carbocycles. The molecule has 3 aromatic rings. The third-order valence-electron chi connectivity index (χ3n) is 3.55. The lowest BCUT2D eigenvalue weighted by Gasteiger charge is -2.09. The normalized spacial score (nSPS) is 11.0. The van der Waals surface area contributed by atoms with E-state index in [4.69, 9.17) is 5.73 Å². The van der Waals surface area contributed by atoms with Crippen molar-refractivity contribution >= 4 is 27.5 Å². The van der Waals surface area contributed by atoms with Crippen molar-refractivity contribution in [1.82, 2.24) is 9.55 Å². The quantitative estimate of drug-likeness (QED) is 0.803. The van der Waals surface area contributed by atoms with Gasteiger partial charge in [-0.1, -0.05) is 30.3 Å². The monoisotopic (exact) mass is 313 g/mol. The number of hydrogen-bond donors (Lipinski definition) is 1. The van der Waals surface area contributed by atoms with Gasteiger partial charge in [0.25, 0.3) is 5.56 Å². The van der Waals surface area contributed by atoms with Crippen molar-refractivity contribution in [3.63, 3.8) is 0 Å². The molecule has 0 radical (unpaired) electrons. The molecule has 0 spiro atoms. The van der Waals surface area contributed by atoms with Crippen molar-refractivity contribution in [2.75, 3.05) is 0 Å². The van der Waals surface area contributed by atoms with Crippen LogP contribution in [-0.2, 0) is 11.3 Å². The minimum atomic E-state index is -0.431. The summed E-state index contributed by atoms with van der Waals surface area (Å²) in [5.74, 6) is 0.167. The number of aryl methyl sites for hydroxylation is 1. The maximum atomic E-state index is 12.8. The molecule has 3 rings (SSSR count). The SMILES string of the molecule is Cc1nc2scc(-c3ccccc3)c2c(=O)n1CCC(N)=O. The minimum Gasteiger partial charge on any atom is -0.370 e. The Morgan fingerprint density at radius 3 is 2.73 bits per heavy atom. The van der Waals surface area contributed by atoms with Crippen LogP contribution in [0, 0.1) is 6.92 Å². The van der Waals surface area contributed by atoms with Gasteiger partial charge in [-0.25, -0.2) is 4.98 Å². The van der Waals surface area contributed by atoms with E-state index in [2.05, 4.69) is 4.98 Å². The summed E-state index contributed by atoms with van der Waals surface area (Å²) >= 11 is 1.45. The van der Waals surface area contributed by atoms with Crippen molar-refractivity contribution < 1.29 is 4.79 Å². The molecule has 5 nitrogen and oxygen atoms in total. The maximum Gasteiger partial charge on any atom is 0.262 e. The van der Waals surface area contributed by atoms with E-state index in [9.17, 15) is 9.59 Å². The van der Waals surface area contributed by atoms with Crippen molar-refractivity contribution in [1.29, 1.82) is 0 Å². The van der Waals surface area contributed by atoms with Crippen LogP contribution in [0.15, 0.2) is 40.5 Å². The molecule has 2 N–H and O–H groups in total. The second-order valence-corrected chi connectivity index (χ2v) is 5.89. The van der Waals surface area contributed by atoms with Gasteiger partial charge in [-0.05, 0) is 12.5 Å². The number of aromatic nitrogens is 2. The van der Waals surface area contributed by atoms with Crippen molar-refractivity contribution in [2.24, 2.45) is 5.73 Å². The highest BCUT2D eigenvalue weighted by Crippen LogP contribution is 2.30. The van der Waals surface area contributed by atoms with E-state index in [0.29, 0.717) is 11.2 Å². The number of rotatable bonds is 4. The summed E-state index contributed by atoms with van der Waals surface area (Å²) in [6.45, 7) is 2.02. The number of carbonyl (C=O) groups is 1. The maximum absolute atomic E-state index is 12.8. The first kappa shape index (κ1) is 14.5. The Hall–Kier alpha value is -2.47. The molecule has 22 heavy (non-hydrogen) atoms. The molecule has 0 saturated heterocycles. The number of hydrogen-bond acceptors (Lipinski definition) is 4. The summed E-state index contributed by atoms with van der Waals surface area (Å²) < 4.78 is 1.52. The Morgan fingerprint density at radius 2 is 2.05 bits per heavy atom. The van der Waals surface area contributed by atoms with Gasteiger partial charge in [0.1, 0.15) is 10.7 Å². The Bertz CT molecular complexity index is 897. The number of nitrogens with two attached hydrogens (primary N) is 1. The molecule has 0 aliphatic rings. The Balaban J connectivity index is 2.20. The third kappa shape index (κ3) is 2.53. The van der Waals surface area contributed by atoms with E-state index in [0.717, 1.165) is 16.0 Å². The standard InChI is InChI=1S/C16H15N3O2S/c1-10-18-15-14(16(21)19(10)8-7-13(17)20)12(9-22-15)11-5-3-2-4-6-11/h2-6,9H,7-8H2,1H3,(H2,17,20). The van der Waals surface area contributed by atoms with Crippen LogP contribution in [0.4, 0.5) is 0 Å². The summed E-state index contributed by atoms with van der Waals surface area (Å²) in [5, 5.41) is 2.55. The molecule has 0 fully saturated rings. The van der Waals surface area contributed by atoms with E-state index >= 15 is 0 Å². The summed E-state index contributed by atoms with van der Waals surface area (Å²) in [6, 6.07) is 9.74. The van der Waals surface area contributed by atoms with Crippen LogP contribution >= 0.6 is 11.3 Å². The van der Waals surface area contributed by atoms with Gasteiger partial charge in [0.2, 0.25) is 5.91 Å². The van der Waals surface area contributed by atoms with Gasteiger partial charge in [0.05, 0.1) is 5.39 Å². The van der Waals surface area contributed by atoms with Crippen molar-refractivity contribution in [2.45, 2.75) is 19.9 Å². The Labute approximate surface area is 131 Å². The first-order valence-electron chi connectivity index (χ1n) is 6.90. The zero-order valence-corrected chi connectivity index (χ0v) is 12.9. The molecule has 1 amide bonds. The van der Waals surface area contributed by atoms with Crippen molar-refractivity contribution in [3.8, 4) is 11.1 Å². The van der Waals surface area contributed by atoms with E-state index in [-0.39, 0.29) is 18.5 Å².